The molecule has 1 fully saturated rings. The summed E-state index contributed by atoms with van der Waals surface area (Å²) in [5.74, 6) is -0.0173. The van der Waals surface area contributed by atoms with Crippen LogP contribution in [0.2, 0.25) is 0 Å². The lowest BCUT2D eigenvalue weighted by Crippen LogP contribution is -2.41. The molecule has 0 heterocycles. The van der Waals surface area contributed by atoms with Crippen molar-refractivity contribution in [3.8, 4) is 0 Å². The first kappa shape index (κ1) is 16.0. The molecule has 5 heteroatoms. The molecule has 1 aliphatic rings. The number of nitrogens with one attached hydrogen (secondary N) is 1. The van der Waals surface area contributed by atoms with Crippen LogP contribution >= 0.6 is 0 Å². The zero-order valence-electron chi connectivity index (χ0n) is 11.8. The first-order chi connectivity index (χ1) is 8.91. The lowest BCUT2D eigenvalue weighted by Gasteiger charge is -2.37. The van der Waals surface area contributed by atoms with E-state index >= 15 is 0 Å². The summed E-state index contributed by atoms with van der Waals surface area (Å²) < 4.78 is 0. The predicted octanol–water partition coefficient (Wildman–Crippen LogP) is 1.40. The lowest BCUT2D eigenvalue weighted by molar-refractivity contribution is -0.155. The predicted molar refractivity (Wildman–Crippen MR) is 71.6 cm³/mol. The largest absolute Gasteiger partial charge is 0.481 e. The zero-order valence-corrected chi connectivity index (χ0v) is 11.8. The molecule has 0 saturated heterocycles. The van der Waals surface area contributed by atoms with E-state index < -0.39 is 11.4 Å². The minimum Gasteiger partial charge on any atom is -0.481 e. The fourth-order valence-corrected chi connectivity index (χ4v) is 2.89. The smallest absolute Gasteiger partial charge is 0.310 e. The third-order valence-corrected chi connectivity index (χ3v) is 4.32. The Morgan fingerprint density at radius 3 is 2.32 bits per heavy atom. The van der Waals surface area contributed by atoms with Crippen molar-refractivity contribution < 1.29 is 19.8 Å². The van der Waals surface area contributed by atoms with Gasteiger partial charge in [0.1, 0.15) is 0 Å². The van der Waals surface area contributed by atoms with Crippen LogP contribution in [0.5, 0.6) is 0 Å². The van der Waals surface area contributed by atoms with Crippen LogP contribution in [0.3, 0.4) is 0 Å². The number of aliphatic hydroxyl groups excluding tert-OH is 1. The summed E-state index contributed by atoms with van der Waals surface area (Å²) in [4.78, 5) is 23.2. The van der Waals surface area contributed by atoms with E-state index in [1.807, 2.05) is 0 Å². The highest BCUT2D eigenvalue weighted by atomic mass is 16.4. The molecule has 1 saturated carbocycles. The van der Waals surface area contributed by atoms with Gasteiger partial charge in [0.15, 0.2) is 0 Å². The number of aliphatic hydroxyl groups is 1. The first-order valence-corrected chi connectivity index (χ1v) is 7.02. The standard InChI is InChI=1S/C14H25NO4/c1-10(2)11-3-5-14(6-4-11,13(18)19)9-12(17)15-7-8-16/h10-11,16H,3-9H2,1-2H3,(H,15,17)(H,18,19). The number of hydrogen-bond donors (Lipinski definition) is 3. The SMILES string of the molecule is CC(C)C1CCC(CC(=O)NCCO)(C(=O)O)CC1. The van der Waals surface area contributed by atoms with Crippen molar-refractivity contribution in [2.24, 2.45) is 17.3 Å². The number of carbonyl (C=O) groups is 2. The molecule has 0 radical (unpaired) electrons. The van der Waals surface area contributed by atoms with Gasteiger partial charge in [-0.25, -0.2) is 0 Å². The Balaban J connectivity index is 2.62. The molecule has 0 aromatic heterocycles. The molecular formula is C14H25NO4. The average molecular weight is 271 g/mol. The zero-order chi connectivity index (χ0) is 14.5. The molecule has 0 aliphatic heterocycles. The minimum absolute atomic E-state index is 0.0210. The number of carbonyl (C=O) groups excluding carboxylic acids is 1. The number of carboxylic acid groups (broad SMARTS) is 1. The maximum absolute atomic E-state index is 11.7. The number of rotatable bonds is 6. The van der Waals surface area contributed by atoms with Crippen molar-refractivity contribution in [1.29, 1.82) is 0 Å². The van der Waals surface area contributed by atoms with Crippen LogP contribution in [0.15, 0.2) is 0 Å². The summed E-state index contributed by atoms with van der Waals surface area (Å²) in [5, 5.41) is 20.7. The second kappa shape index (κ2) is 6.89. The highest BCUT2D eigenvalue weighted by molar-refractivity contribution is 5.85. The normalized spacial score (nSPS) is 27.3. The van der Waals surface area contributed by atoms with Crippen LogP contribution in [0, 0.1) is 17.3 Å². The van der Waals surface area contributed by atoms with Gasteiger partial charge in [-0.05, 0) is 37.5 Å². The molecule has 0 bridgehead atoms. The van der Waals surface area contributed by atoms with Gasteiger partial charge in [-0.1, -0.05) is 13.8 Å². The fourth-order valence-electron chi connectivity index (χ4n) is 2.89. The number of carboxylic acids is 1. The Morgan fingerprint density at radius 1 is 1.32 bits per heavy atom. The van der Waals surface area contributed by atoms with E-state index in [2.05, 4.69) is 19.2 Å². The Kier molecular flexibility index (Phi) is 5.79. The second-order valence-corrected chi connectivity index (χ2v) is 5.92. The molecule has 1 amide bonds. The van der Waals surface area contributed by atoms with Gasteiger partial charge in [-0.15, -0.1) is 0 Å². The average Bonchev–Trinajstić information content (AvgIpc) is 2.36. The van der Waals surface area contributed by atoms with E-state index in [9.17, 15) is 14.7 Å². The monoisotopic (exact) mass is 271 g/mol. The summed E-state index contributed by atoms with van der Waals surface area (Å²) in [6.07, 6.45) is 2.90. The summed E-state index contributed by atoms with van der Waals surface area (Å²) in [5.41, 5.74) is -0.912. The molecule has 0 unspecified atom stereocenters. The Morgan fingerprint density at radius 2 is 1.89 bits per heavy atom. The van der Waals surface area contributed by atoms with Crippen LogP contribution in [0.4, 0.5) is 0 Å². The molecule has 0 aromatic carbocycles. The lowest BCUT2D eigenvalue weighted by atomic mass is 9.66. The first-order valence-electron chi connectivity index (χ1n) is 7.02. The molecule has 3 N–H and O–H groups in total. The van der Waals surface area contributed by atoms with Gasteiger partial charge in [0.2, 0.25) is 5.91 Å². The van der Waals surface area contributed by atoms with E-state index in [1.54, 1.807) is 0 Å². The molecule has 0 aromatic rings. The third kappa shape index (κ3) is 4.20. The highest BCUT2D eigenvalue weighted by Gasteiger charge is 2.43. The molecular weight excluding hydrogens is 246 g/mol. The Labute approximate surface area is 114 Å². The number of amides is 1. The summed E-state index contributed by atoms with van der Waals surface area (Å²) in [7, 11) is 0. The van der Waals surface area contributed by atoms with Crippen LogP contribution in [0.1, 0.15) is 46.0 Å². The van der Waals surface area contributed by atoms with Gasteiger partial charge in [-0.2, -0.15) is 0 Å². The minimum atomic E-state index is -0.912. The molecule has 0 spiro atoms. The van der Waals surface area contributed by atoms with Crippen molar-refractivity contribution in [2.45, 2.75) is 46.0 Å². The molecule has 0 atom stereocenters. The Hall–Kier alpha value is -1.10. The number of aliphatic carboxylic acids is 1. The maximum atomic E-state index is 11.7. The van der Waals surface area contributed by atoms with Crippen LogP contribution < -0.4 is 5.32 Å². The molecule has 5 nitrogen and oxygen atoms in total. The van der Waals surface area contributed by atoms with Gasteiger partial charge in [0, 0.05) is 13.0 Å². The van der Waals surface area contributed by atoms with E-state index in [1.165, 1.54) is 0 Å². The van der Waals surface area contributed by atoms with E-state index in [4.69, 9.17) is 5.11 Å². The van der Waals surface area contributed by atoms with Gasteiger partial charge < -0.3 is 15.5 Å². The third-order valence-electron chi connectivity index (χ3n) is 4.32. The van der Waals surface area contributed by atoms with Gasteiger partial charge in [0.05, 0.1) is 12.0 Å². The summed E-state index contributed by atoms with van der Waals surface area (Å²) in [6, 6.07) is 0. The van der Waals surface area contributed by atoms with Gasteiger partial charge >= 0.3 is 5.97 Å². The van der Waals surface area contributed by atoms with E-state index in [-0.39, 0.29) is 25.5 Å². The van der Waals surface area contributed by atoms with E-state index in [0.717, 1.165) is 12.8 Å². The van der Waals surface area contributed by atoms with Crippen molar-refractivity contribution in [2.75, 3.05) is 13.2 Å². The van der Waals surface area contributed by atoms with Crippen molar-refractivity contribution in [3.05, 3.63) is 0 Å². The molecule has 1 aliphatic carbocycles. The highest BCUT2D eigenvalue weighted by Crippen LogP contribution is 2.43. The van der Waals surface area contributed by atoms with Crippen LogP contribution in [0.25, 0.3) is 0 Å². The van der Waals surface area contributed by atoms with Crippen LogP contribution in [-0.2, 0) is 9.59 Å². The van der Waals surface area contributed by atoms with E-state index in [0.29, 0.717) is 24.7 Å². The molecule has 1 rings (SSSR count). The van der Waals surface area contributed by atoms with Gasteiger partial charge in [-0.3, -0.25) is 9.59 Å². The van der Waals surface area contributed by atoms with Crippen molar-refractivity contribution in [3.63, 3.8) is 0 Å². The summed E-state index contributed by atoms with van der Waals surface area (Å²) >= 11 is 0. The Bertz CT molecular complexity index is 319. The molecule has 110 valence electrons. The molecule has 19 heavy (non-hydrogen) atoms. The fraction of sp³-hybridized carbons (Fsp3) is 0.857. The topological polar surface area (TPSA) is 86.6 Å². The van der Waals surface area contributed by atoms with Crippen LogP contribution in [-0.4, -0.2) is 35.2 Å². The van der Waals surface area contributed by atoms with Gasteiger partial charge in [0.25, 0.3) is 0 Å². The maximum Gasteiger partial charge on any atom is 0.310 e. The summed E-state index contributed by atoms with van der Waals surface area (Å²) in [6.45, 7) is 4.38. The quantitative estimate of drug-likeness (QED) is 0.681. The van der Waals surface area contributed by atoms with Crippen molar-refractivity contribution >= 4 is 11.9 Å². The second-order valence-electron chi connectivity index (χ2n) is 5.92. The number of hydrogen-bond acceptors (Lipinski definition) is 3. The van der Waals surface area contributed by atoms with Crippen molar-refractivity contribution in [1.82, 2.24) is 5.32 Å².